The minimum atomic E-state index is 0.117. The molecule has 2 aliphatic rings. The Balaban J connectivity index is 1.41. The number of benzene rings is 2. The fraction of sp³-hybridized carbons (Fsp3) is 0.320. The van der Waals surface area contributed by atoms with E-state index in [0.717, 1.165) is 54.4 Å². The third-order valence-electron chi connectivity index (χ3n) is 6.37. The fourth-order valence-electron chi connectivity index (χ4n) is 4.69. The Kier molecular flexibility index (Phi) is 4.63. The lowest BCUT2D eigenvalue weighted by atomic mass is 9.91. The average molecular weight is 396 g/mol. The van der Waals surface area contributed by atoms with E-state index in [4.69, 9.17) is 0 Å². The number of nitrogens with zero attached hydrogens (tertiary/aromatic N) is 3. The van der Waals surface area contributed by atoms with E-state index in [1.807, 2.05) is 55.6 Å². The lowest BCUT2D eigenvalue weighted by Gasteiger charge is -2.34. The van der Waals surface area contributed by atoms with Crippen LogP contribution in [-0.2, 0) is 12.8 Å². The van der Waals surface area contributed by atoms with Crippen LogP contribution in [0.3, 0.4) is 0 Å². The first-order valence-electron chi connectivity index (χ1n) is 10.6. The number of rotatable bonds is 4. The molecule has 30 heavy (non-hydrogen) atoms. The van der Waals surface area contributed by atoms with Gasteiger partial charge in [0.25, 0.3) is 5.91 Å². The number of aromatic amines is 1. The highest BCUT2D eigenvalue weighted by Crippen LogP contribution is 2.35. The van der Waals surface area contributed by atoms with Gasteiger partial charge in [-0.05, 0) is 73.9 Å². The molecule has 5 nitrogen and oxygen atoms in total. The number of amides is 1. The van der Waals surface area contributed by atoms with Crippen molar-refractivity contribution < 1.29 is 4.79 Å². The van der Waals surface area contributed by atoms with Gasteiger partial charge >= 0.3 is 0 Å². The van der Waals surface area contributed by atoms with E-state index in [0.29, 0.717) is 11.6 Å². The largest absolute Gasteiger partial charge is 0.332 e. The Morgan fingerprint density at radius 1 is 1.13 bits per heavy atom. The SMILES string of the molecule is Cc1cccc(C#N)c1-c1ccc(C(=O)N(C2CC2)C2CCc3[nH]ncc3C2)cc1. The maximum Gasteiger partial charge on any atom is 0.254 e. The molecule has 2 aromatic carbocycles. The molecule has 0 spiro atoms. The lowest BCUT2D eigenvalue weighted by Crippen LogP contribution is -2.44. The van der Waals surface area contributed by atoms with Gasteiger partial charge in [-0.25, -0.2) is 0 Å². The third kappa shape index (κ3) is 3.29. The number of carbonyl (C=O) groups is 1. The molecule has 0 aliphatic heterocycles. The summed E-state index contributed by atoms with van der Waals surface area (Å²) in [5.41, 5.74) is 6.81. The highest BCUT2D eigenvalue weighted by atomic mass is 16.2. The smallest absolute Gasteiger partial charge is 0.254 e. The van der Waals surface area contributed by atoms with Crippen molar-refractivity contribution in [1.82, 2.24) is 15.1 Å². The van der Waals surface area contributed by atoms with Crippen molar-refractivity contribution in [3.05, 3.63) is 76.6 Å². The van der Waals surface area contributed by atoms with Gasteiger partial charge in [-0.15, -0.1) is 0 Å². The first-order valence-corrected chi connectivity index (χ1v) is 10.6. The van der Waals surface area contributed by atoms with E-state index in [9.17, 15) is 10.1 Å². The molecule has 1 N–H and O–H groups in total. The summed E-state index contributed by atoms with van der Waals surface area (Å²) in [5.74, 6) is 0.117. The van der Waals surface area contributed by atoms with Gasteiger partial charge in [0.1, 0.15) is 0 Å². The van der Waals surface area contributed by atoms with Crippen LogP contribution in [0.1, 0.15) is 52.0 Å². The fourth-order valence-corrected chi connectivity index (χ4v) is 4.69. The van der Waals surface area contributed by atoms with Crippen molar-refractivity contribution in [2.24, 2.45) is 0 Å². The monoisotopic (exact) mass is 396 g/mol. The van der Waals surface area contributed by atoms with Gasteiger partial charge in [-0.2, -0.15) is 10.4 Å². The molecule has 1 atom stereocenters. The van der Waals surface area contributed by atoms with Gasteiger partial charge in [-0.1, -0.05) is 24.3 Å². The third-order valence-corrected chi connectivity index (χ3v) is 6.37. The first kappa shape index (κ1) is 18.6. The molecule has 1 unspecified atom stereocenters. The summed E-state index contributed by atoms with van der Waals surface area (Å²) >= 11 is 0. The van der Waals surface area contributed by atoms with Crippen LogP contribution in [-0.4, -0.2) is 33.1 Å². The second kappa shape index (κ2) is 7.46. The molecule has 1 saturated carbocycles. The Morgan fingerprint density at radius 2 is 1.93 bits per heavy atom. The van der Waals surface area contributed by atoms with Crippen LogP contribution >= 0.6 is 0 Å². The molecule has 150 valence electrons. The Labute approximate surface area is 176 Å². The quantitative estimate of drug-likeness (QED) is 0.709. The van der Waals surface area contributed by atoms with Crippen LogP contribution in [0.4, 0.5) is 0 Å². The normalized spacial score (nSPS) is 17.8. The van der Waals surface area contributed by atoms with Gasteiger partial charge in [-0.3, -0.25) is 9.89 Å². The first-order chi connectivity index (χ1) is 14.7. The zero-order valence-electron chi connectivity index (χ0n) is 17.1. The molecule has 1 amide bonds. The maximum atomic E-state index is 13.5. The molecule has 0 radical (unpaired) electrons. The van der Waals surface area contributed by atoms with Gasteiger partial charge in [0.05, 0.1) is 17.8 Å². The molecule has 5 heteroatoms. The summed E-state index contributed by atoms with van der Waals surface area (Å²) in [6.45, 7) is 2.01. The standard InChI is InChI=1S/C25H24N4O/c1-16-3-2-4-19(14-26)24(16)17-5-7-18(8-6-17)25(30)29(21-9-10-21)22-11-12-23-20(13-22)15-27-28-23/h2-8,15,21-22H,9-13H2,1H3,(H,27,28). The van der Waals surface area contributed by atoms with Crippen LogP contribution < -0.4 is 0 Å². The number of H-pyrrole nitrogens is 1. The van der Waals surface area contributed by atoms with Crippen molar-refractivity contribution >= 4 is 5.91 Å². The molecule has 3 aromatic rings. The number of fused-ring (bicyclic) bond motifs is 1. The lowest BCUT2D eigenvalue weighted by molar-refractivity contribution is 0.0643. The number of aryl methyl sites for hydroxylation is 2. The Bertz CT molecular complexity index is 1130. The van der Waals surface area contributed by atoms with Gasteiger partial charge < -0.3 is 4.90 Å². The summed E-state index contributed by atoms with van der Waals surface area (Å²) in [4.78, 5) is 15.6. The van der Waals surface area contributed by atoms with Crippen molar-refractivity contribution in [2.45, 2.75) is 51.1 Å². The van der Waals surface area contributed by atoms with Crippen LogP contribution in [0.2, 0.25) is 0 Å². The predicted molar refractivity (Wildman–Crippen MR) is 115 cm³/mol. The molecule has 1 heterocycles. The maximum absolute atomic E-state index is 13.5. The minimum Gasteiger partial charge on any atom is -0.332 e. The number of carbonyl (C=O) groups excluding carboxylic acids is 1. The summed E-state index contributed by atoms with van der Waals surface area (Å²) in [7, 11) is 0. The van der Waals surface area contributed by atoms with Gasteiger partial charge in [0, 0.05) is 28.9 Å². The predicted octanol–water partition coefficient (Wildman–Crippen LogP) is 4.42. The highest BCUT2D eigenvalue weighted by Gasteiger charge is 2.39. The highest BCUT2D eigenvalue weighted by molar-refractivity contribution is 5.95. The minimum absolute atomic E-state index is 0.117. The van der Waals surface area contributed by atoms with Crippen LogP contribution in [0, 0.1) is 18.3 Å². The number of aromatic nitrogens is 2. The average Bonchev–Trinajstić information content (AvgIpc) is 3.49. The molecule has 1 fully saturated rings. The Morgan fingerprint density at radius 3 is 2.67 bits per heavy atom. The molecular formula is C25H24N4O. The van der Waals surface area contributed by atoms with Gasteiger partial charge in [0.2, 0.25) is 0 Å². The molecule has 1 aromatic heterocycles. The van der Waals surface area contributed by atoms with E-state index in [1.54, 1.807) is 0 Å². The van der Waals surface area contributed by atoms with Gasteiger partial charge in [0.15, 0.2) is 0 Å². The van der Waals surface area contributed by atoms with Crippen LogP contribution in [0.25, 0.3) is 11.1 Å². The summed E-state index contributed by atoms with van der Waals surface area (Å²) in [6.07, 6.45) is 6.88. The zero-order valence-corrected chi connectivity index (χ0v) is 17.1. The van der Waals surface area contributed by atoms with E-state index in [1.165, 1.54) is 11.3 Å². The molecule has 0 saturated heterocycles. The summed E-state index contributed by atoms with van der Waals surface area (Å²) in [6, 6.07) is 16.4. The number of nitriles is 1. The van der Waals surface area contributed by atoms with E-state index in [2.05, 4.69) is 21.2 Å². The van der Waals surface area contributed by atoms with Crippen molar-refractivity contribution in [1.29, 1.82) is 5.26 Å². The van der Waals surface area contributed by atoms with Crippen molar-refractivity contribution in [3.63, 3.8) is 0 Å². The van der Waals surface area contributed by atoms with Crippen LogP contribution in [0.15, 0.2) is 48.7 Å². The molecular weight excluding hydrogens is 372 g/mol. The van der Waals surface area contributed by atoms with E-state index >= 15 is 0 Å². The van der Waals surface area contributed by atoms with Crippen molar-refractivity contribution in [3.8, 4) is 17.2 Å². The summed E-state index contributed by atoms with van der Waals surface area (Å²) in [5, 5.41) is 16.7. The summed E-state index contributed by atoms with van der Waals surface area (Å²) < 4.78 is 0. The van der Waals surface area contributed by atoms with E-state index < -0.39 is 0 Å². The van der Waals surface area contributed by atoms with E-state index in [-0.39, 0.29) is 11.9 Å². The second-order valence-electron chi connectivity index (χ2n) is 8.40. The Hall–Kier alpha value is -3.39. The van der Waals surface area contributed by atoms with Crippen molar-refractivity contribution in [2.75, 3.05) is 0 Å². The number of nitrogens with one attached hydrogen (secondary N) is 1. The molecule has 2 aliphatic carbocycles. The number of hydrogen-bond donors (Lipinski definition) is 1. The zero-order chi connectivity index (χ0) is 20.7. The topological polar surface area (TPSA) is 72.8 Å². The molecule has 0 bridgehead atoms. The van der Waals surface area contributed by atoms with Crippen LogP contribution in [0.5, 0.6) is 0 Å². The second-order valence-corrected chi connectivity index (χ2v) is 8.40. The number of hydrogen-bond acceptors (Lipinski definition) is 3. The molecule has 5 rings (SSSR count).